The van der Waals surface area contributed by atoms with E-state index in [1.807, 2.05) is 18.2 Å². The van der Waals surface area contributed by atoms with Gasteiger partial charge in [-0.15, -0.1) is 0 Å². The zero-order chi connectivity index (χ0) is 26.2. The molecule has 0 saturated carbocycles. The maximum absolute atomic E-state index is 14.5. The van der Waals surface area contributed by atoms with Crippen molar-refractivity contribution >= 4 is 17.3 Å². The highest BCUT2D eigenvalue weighted by molar-refractivity contribution is 5.68. The van der Waals surface area contributed by atoms with Gasteiger partial charge >= 0.3 is 0 Å². The fraction of sp³-hybridized carbons (Fsp3) is 0.385. The molecule has 0 radical (unpaired) electrons. The largest absolute Gasteiger partial charge is 0.495 e. The van der Waals surface area contributed by atoms with Gasteiger partial charge in [-0.3, -0.25) is 0 Å². The maximum atomic E-state index is 14.5. The Labute approximate surface area is 213 Å². The van der Waals surface area contributed by atoms with E-state index in [2.05, 4.69) is 32.1 Å². The van der Waals surface area contributed by atoms with Crippen LogP contribution in [0.15, 0.2) is 36.7 Å². The van der Waals surface area contributed by atoms with Crippen molar-refractivity contribution in [3.05, 3.63) is 53.9 Å². The number of aromatic nitrogens is 2. The minimum absolute atomic E-state index is 0.140. The predicted octanol–water partition coefficient (Wildman–Crippen LogP) is 3.86. The summed E-state index contributed by atoms with van der Waals surface area (Å²) < 4.78 is 50.1. The van der Waals surface area contributed by atoms with Gasteiger partial charge in [-0.05, 0) is 19.2 Å². The summed E-state index contributed by atoms with van der Waals surface area (Å²) in [5, 5.41) is 3.14. The Balaban J connectivity index is 1.22. The average molecular weight is 514 g/mol. The van der Waals surface area contributed by atoms with Crippen molar-refractivity contribution in [2.75, 3.05) is 64.8 Å². The Morgan fingerprint density at radius 1 is 0.892 bits per heavy atom. The monoisotopic (exact) mass is 513 g/mol. The van der Waals surface area contributed by atoms with Crippen LogP contribution in [0.5, 0.6) is 23.0 Å². The van der Waals surface area contributed by atoms with E-state index in [4.69, 9.17) is 18.9 Å². The van der Waals surface area contributed by atoms with Gasteiger partial charge in [0.15, 0.2) is 28.9 Å². The van der Waals surface area contributed by atoms with Gasteiger partial charge in [0.1, 0.15) is 12.4 Å². The van der Waals surface area contributed by atoms with Gasteiger partial charge in [-0.2, -0.15) is 0 Å². The molecular weight excluding hydrogens is 484 g/mol. The molecule has 1 aromatic heterocycles. The molecule has 37 heavy (non-hydrogen) atoms. The van der Waals surface area contributed by atoms with E-state index in [0.717, 1.165) is 49.4 Å². The third kappa shape index (κ3) is 4.78. The molecule has 5 rings (SSSR count). The number of nitrogens with zero attached hydrogens (tertiary/aromatic N) is 4. The van der Waals surface area contributed by atoms with E-state index in [-0.39, 0.29) is 22.8 Å². The fourth-order valence-electron chi connectivity index (χ4n) is 5.05. The molecule has 2 saturated heterocycles. The first-order chi connectivity index (χ1) is 17.8. The molecule has 2 aromatic carbocycles. The van der Waals surface area contributed by atoms with Crippen LogP contribution in [0.3, 0.4) is 0 Å². The summed E-state index contributed by atoms with van der Waals surface area (Å²) in [5.74, 6) is -0.644. The summed E-state index contributed by atoms with van der Waals surface area (Å²) in [7, 11) is 6.38. The molecule has 1 N–H and O–H groups in total. The van der Waals surface area contributed by atoms with Gasteiger partial charge in [0.2, 0.25) is 5.95 Å². The number of hydrogen-bond donors (Lipinski definition) is 1. The van der Waals surface area contributed by atoms with Crippen LogP contribution in [0.1, 0.15) is 5.56 Å². The van der Waals surface area contributed by atoms with Gasteiger partial charge in [-0.25, -0.2) is 18.7 Å². The lowest BCUT2D eigenvalue weighted by atomic mass is 9.73. The van der Waals surface area contributed by atoms with Crippen LogP contribution in [0, 0.1) is 17.0 Å². The molecule has 0 unspecified atom stereocenters. The molecule has 11 heteroatoms. The topological polar surface area (TPSA) is 81.2 Å². The van der Waals surface area contributed by atoms with Crippen molar-refractivity contribution in [3.8, 4) is 23.0 Å². The van der Waals surface area contributed by atoms with Gasteiger partial charge in [-0.1, -0.05) is 0 Å². The molecule has 2 aliphatic rings. The molecule has 2 aliphatic heterocycles. The van der Waals surface area contributed by atoms with Gasteiger partial charge in [0.05, 0.1) is 45.0 Å². The second-order valence-electron chi connectivity index (χ2n) is 9.46. The summed E-state index contributed by atoms with van der Waals surface area (Å²) in [6, 6.07) is 7.03. The van der Waals surface area contributed by atoms with Crippen LogP contribution in [0.2, 0.25) is 0 Å². The number of likely N-dealkylation sites (tertiary alicyclic amines) is 1. The Kier molecular flexibility index (Phi) is 6.63. The van der Waals surface area contributed by atoms with Gasteiger partial charge in [0, 0.05) is 49.4 Å². The number of anilines is 3. The normalized spacial score (nSPS) is 16.1. The van der Waals surface area contributed by atoms with Crippen molar-refractivity contribution in [1.82, 2.24) is 14.9 Å². The van der Waals surface area contributed by atoms with Crippen LogP contribution >= 0.6 is 0 Å². The first-order valence-electron chi connectivity index (χ1n) is 11.8. The highest BCUT2D eigenvalue weighted by Gasteiger charge is 2.50. The van der Waals surface area contributed by atoms with E-state index in [9.17, 15) is 8.78 Å². The number of rotatable bonds is 9. The molecule has 0 bridgehead atoms. The SMILES string of the molecule is COc1cc(Nc2ncc(OCc3c(F)c(OC)cc(OC)c3F)cn2)ccc1N1CC2(CN(C)C2)C1. The third-order valence-corrected chi connectivity index (χ3v) is 6.72. The van der Waals surface area contributed by atoms with Crippen molar-refractivity contribution in [2.45, 2.75) is 6.61 Å². The maximum Gasteiger partial charge on any atom is 0.227 e. The van der Waals surface area contributed by atoms with E-state index in [0.29, 0.717) is 11.4 Å². The molecule has 9 nitrogen and oxygen atoms in total. The summed E-state index contributed by atoms with van der Waals surface area (Å²) >= 11 is 0. The molecule has 2 fully saturated rings. The average Bonchev–Trinajstić information content (AvgIpc) is 2.86. The number of ether oxygens (including phenoxy) is 4. The highest BCUT2D eigenvalue weighted by Crippen LogP contribution is 2.44. The van der Waals surface area contributed by atoms with E-state index < -0.39 is 18.2 Å². The number of hydrogen-bond acceptors (Lipinski definition) is 9. The Bertz CT molecular complexity index is 1250. The molecule has 3 heterocycles. The number of nitrogens with one attached hydrogen (secondary N) is 1. The minimum Gasteiger partial charge on any atom is -0.495 e. The molecule has 0 amide bonds. The third-order valence-electron chi connectivity index (χ3n) is 6.72. The molecule has 196 valence electrons. The lowest BCUT2D eigenvalue weighted by molar-refractivity contribution is -0.00258. The number of benzene rings is 2. The lowest BCUT2D eigenvalue weighted by Gasteiger charge is -2.60. The second kappa shape index (κ2) is 9.89. The van der Waals surface area contributed by atoms with Crippen LogP contribution in [0.4, 0.5) is 26.1 Å². The van der Waals surface area contributed by atoms with Crippen LogP contribution < -0.4 is 29.2 Å². The highest BCUT2D eigenvalue weighted by atomic mass is 19.1. The Morgan fingerprint density at radius 2 is 1.51 bits per heavy atom. The zero-order valence-corrected chi connectivity index (χ0v) is 21.2. The van der Waals surface area contributed by atoms with E-state index in [1.165, 1.54) is 26.6 Å². The summed E-state index contributed by atoms with van der Waals surface area (Å²) in [4.78, 5) is 13.2. The summed E-state index contributed by atoms with van der Waals surface area (Å²) in [6.07, 6.45) is 2.84. The van der Waals surface area contributed by atoms with E-state index >= 15 is 0 Å². The molecule has 3 aromatic rings. The summed E-state index contributed by atoms with van der Waals surface area (Å²) in [6.45, 7) is 3.94. The Hall–Kier alpha value is -3.86. The van der Waals surface area contributed by atoms with Crippen molar-refractivity contribution in [2.24, 2.45) is 5.41 Å². The molecule has 0 aliphatic carbocycles. The zero-order valence-electron chi connectivity index (χ0n) is 21.2. The first-order valence-corrected chi connectivity index (χ1v) is 11.8. The summed E-state index contributed by atoms with van der Waals surface area (Å²) in [5.41, 5.74) is 1.93. The number of methoxy groups -OCH3 is 3. The number of halogens is 2. The smallest absolute Gasteiger partial charge is 0.227 e. The van der Waals surface area contributed by atoms with E-state index in [1.54, 1.807) is 7.11 Å². The van der Waals surface area contributed by atoms with Gasteiger partial charge in [0.25, 0.3) is 0 Å². The lowest BCUT2D eigenvalue weighted by Crippen LogP contribution is -2.71. The van der Waals surface area contributed by atoms with Crippen molar-refractivity contribution in [3.63, 3.8) is 0 Å². The standard InChI is InChI=1S/C26H29F2N5O4/c1-32-12-26(13-32)14-33(15-26)19-6-5-16(7-20(19)34-2)31-25-29-9-17(10-30-25)37-11-18-23(27)21(35-3)8-22(36-4)24(18)28/h5-10H,11-15H2,1-4H3,(H,29,30,31). The fourth-order valence-corrected chi connectivity index (χ4v) is 5.05. The van der Waals surface area contributed by atoms with Crippen LogP contribution in [-0.4, -0.2) is 69.4 Å². The van der Waals surface area contributed by atoms with Crippen molar-refractivity contribution < 1.29 is 27.7 Å². The minimum atomic E-state index is -0.856. The van der Waals surface area contributed by atoms with Gasteiger partial charge < -0.3 is 34.1 Å². The van der Waals surface area contributed by atoms with Crippen LogP contribution in [-0.2, 0) is 6.61 Å². The molecular formula is C26H29F2N5O4. The van der Waals surface area contributed by atoms with Crippen LogP contribution in [0.25, 0.3) is 0 Å². The Morgan fingerprint density at radius 3 is 2.08 bits per heavy atom. The molecule has 1 spiro atoms. The molecule has 0 atom stereocenters. The predicted molar refractivity (Wildman–Crippen MR) is 134 cm³/mol. The van der Waals surface area contributed by atoms with Crippen molar-refractivity contribution in [1.29, 1.82) is 0 Å². The second-order valence-corrected chi connectivity index (χ2v) is 9.46. The quantitative estimate of drug-likeness (QED) is 0.459. The first kappa shape index (κ1) is 24.8.